The van der Waals surface area contributed by atoms with Gasteiger partial charge in [0, 0.05) is 11.8 Å². The van der Waals surface area contributed by atoms with Gasteiger partial charge < -0.3 is 10.0 Å². The molecule has 0 aliphatic carbocycles. The number of rotatable bonds is 2. The van der Waals surface area contributed by atoms with Crippen LogP contribution in [0, 0.1) is 0 Å². The summed E-state index contributed by atoms with van der Waals surface area (Å²) >= 11 is 0. The quantitative estimate of drug-likeness (QED) is 0.689. The summed E-state index contributed by atoms with van der Waals surface area (Å²) in [5.74, 6) is 0. The Hall–Kier alpha value is -1.65. The minimum atomic E-state index is -1.45. The average Bonchev–Trinajstić information content (AvgIpc) is 2.30. The molecule has 1 aromatic carbocycles. The van der Waals surface area contributed by atoms with Crippen LogP contribution < -0.4 is 5.46 Å². The number of benzene rings is 1. The van der Waals surface area contributed by atoms with Crippen molar-refractivity contribution in [1.82, 2.24) is 4.98 Å². The van der Waals surface area contributed by atoms with Crippen LogP contribution in [0.4, 0.5) is 0 Å². The van der Waals surface area contributed by atoms with Gasteiger partial charge in [0.1, 0.15) is 0 Å². The van der Waals surface area contributed by atoms with Crippen molar-refractivity contribution in [3.8, 4) is 11.3 Å². The molecule has 15 heavy (non-hydrogen) atoms. The lowest BCUT2D eigenvalue weighted by Crippen LogP contribution is -2.29. The molecule has 1 heterocycles. The Morgan fingerprint density at radius 1 is 1.00 bits per heavy atom. The van der Waals surface area contributed by atoms with Gasteiger partial charge in [0.25, 0.3) is 0 Å². The molecule has 0 bridgehead atoms. The third-order valence-electron chi connectivity index (χ3n) is 2.15. The van der Waals surface area contributed by atoms with Crippen molar-refractivity contribution in [3.63, 3.8) is 0 Å². The van der Waals surface area contributed by atoms with Crippen LogP contribution in [0.25, 0.3) is 11.3 Å². The highest BCUT2D eigenvalue weighted by Crippen LogP contribution is 2.13. The van der Waals surface area contributed by atoms with Crippen LogP contribution in [0.1, 0.15) is 0 Å². The van der Waals surface area contributed by atoms with Gasteiger partial charge in [0.15, 0.2) is 0 Å². The van der Waals surface area contributed by atoms with E-state index in [1.807, 2.05) is 30.3 Å². The first kappa shape index (κ1) is 9.89. The van der Waals surface area contributed by atoms with E-state index < -0.39 is 7.12 Å². The molecule has 0 saturated heterocycles. The van der Waals surface area contributed by atoms with Crippen molar-refractivity contribution in [2.45, 2.75) is 0 Å². The first-order chi connectivity index (χ1) is 7.27. The Balaban J connectivity index is 2.42. The maximum atomic E-state index is 9.02. The van der Waals surface area contributed by atoms with Gasteiger partial charge in [-0.05, 0) is 17.6 Å². The minimum Gasteiger partial charge on any atom is -0.423 e. The molecule has 74 valence electrons. The molecule has 0 aliphatic rings. The van der Waals surface area contributed by atoms with E-state index in [2.05, 4.69) is 4.98 Å². The van der Waals surface area contributed by atoms with Crippen molar-refractivity contribution >= 4 is 12.6 Å². The van der Waals surface area contributed by atoms with Crippen LogP contribution in [-0.4, -0.2) is 22.2 Å². The van der Waals surface area contributed by atoms with Gasteiger partial charge in [-0.15, -0.1) is 0 Å². The molecule has 2 rings (SSSR count). The topological polar surface area (TPSA) is 53.4 Å². The molecule has 0 amide bonds. The number of pyridine rings is 1. The minimum absolute atomic E-state index is 0.448. The zero-order valence-electron chi connectivity index (χ0n) is 8.04. The molecule has 0 unspecified atom stereocenters. The highest BCUT2D eigenvalue weighted by atomic mass is 16.4. The highest BCUT2D eigenvalue weighted by Gasteiger charge is 2.11. The Bertz CT molecular complexity index is 445. The highest BCUT2D eigenvalue weighted by molar-refractivity contribution is 6.58. The molecule has 0 radical (unpaired) electrons. The van der Waals surface area contributed by atoms with E-state index in [4.69, 9.17) is 10.0 Å². The number of aromatic nitrogens is 1. The van der Waals surface area contributed by atoms with E-state index in [-0.39, 0.29) is 0 Å². The van der Waals surface area contributed by atoms with E-state index in [1.165, 1.54) is 0 Å². The van der Waals surface area contributed by atoms with E-state index in [9.17, 15) is 0 Å². The maximum absolute atomic E-state index is 9.02. The Labute approximate surface area is 88.2 Å². The summed E-state index contributed by atoms with van der Waals surface area (Å²) in [6.07, 6.45) is 1.57. The van der Waals surface area contributed by atoms with Crippen LogP contribution in [0.15, 0.2) is 48.7 Å². The van der Waals surface area contributed by atoms with Gasteiger partial charge in [-0.3, -0.25) is 4.98 Å². The molecular formula is C11H10BNO2. The van der Waals surface area contributed by atoms with Crippen molar-refractivity contribution in [2.75, 3.05) is 0 Å². The fourth-order valence-corrected chi connectivity index (χ4v) is 1.37. The molecule has 0 saturated carbocycles. The third-order valence-corrected chi connectivity index (χ3v) is 2.15. The smallest absolute Gasteiger partial charge is 0.423 e. The summed E-state index contributed by atoms with van der Waals surface area (Å²) in [4.78, 5) is 4.17. The molecular weight excluding hydrogens is 189 g/mol. The van der Waals surface area contributed by atoms with Crippen molar-refractivity contribution in [2.24, 2.45) is 0 Å². The second-order valence-corrected chi connectivity index (χ2v) is 3.21. The van der Waals surface area contributed by atoms with E-state index in [0.29, 0.717) is 5.46 Å². The summed E-state index contributed by atoms with van der Waals surface area (Å²) in [5, 5.41) is 18.0. The normalized spacial score (nSPS) is 10.0. The summed E-state index contributed by atoms with van der Waals surface area (Å²) in [7, 11) is -1.45. The lowest BCUT2D eigenvalue weighted by atomic mass is 9.80. The monoisotopic (exact) mass is 199 g/mol. The first-order valence-corrected chi connectivity index (χ1v) is 4.65. The van der Waals surface area contributed by atoms with E-state index in [0.717, 1.165) is 11.3 Å². The molecule has 2 aromatic rings. The molecule has 1 aromatic heterocycles. The first-order valence-electron chi connectivity index (χ1n) is 4.65. The SMILES string of the molecule is OB(O)c1ccnc(-c2ccccc2)c1. The fourth-order valence-electron chi connectivity index (χ4n) is 1.37. The number of nitrogens with zero attached hydrogens (tertiary/aromatic N) is 1. The number of hydrogen-bond acceptors (Lipinski definition) is 3. The molecule has 0 aliphatic heterocycles. The van der Waals surface area contributed by atoms with Crippen LogP contribution in [-0.2, 0) is 0 Å². The zero-order chi connectivity index (χ0) is 10.7. The molecule has 3 nitrogen and oxygen atoms in total. The summed E-state index contributed by atoms with van der Waals surface area (Å²) < 4.78 is 0. The largest absolute Gasteiger partial charge is 0.488 e. The van der Waals surface area contributed by atoms with Crippen LogP contribution in [0.5, 0.6) is 0 Å². The van der Waals surface area contributed by atoms with Crippen LogP contribution in [0.3, 0.4) is 0 Å². The molecule has 2 N–H and O–H groups in total. The Kier molecular flexibility index (Phi) is 2.80. The second-order valence-electron chi connectivity index (χ2n) is 3.21. The van der Waals surface area contributed by atoms with Gasteiger partial charge in [-0.25, -0.2) is 0 Å². The molecule has 0 spiro atoms. The molecule has 4 heteroatoms. The van der Waals surface area contributed by atoms with Gasteiger partial charge in [0.2, 0.25) is 0 Å². The van der Waals surface area contributed by atoms with Crippen molar-refractivity contribution < 1.29 is 10.0 Å². The van der Waals surface area contributed by atoms with E-state index >= 15 is 0 Å². The zero-order valence-corrected chi connectivity index (χ0v) is 8.04. The average molecular weight is 199 g/mol. The van der Waals surface area contributed by atoms with Crippen LogP contribution in [0.2, 0.25) is 0 Å². The van der Waals surface area contributed by atoms with Gasteiger partial charge in [-0.2, -0.15) is 0 Å². The van der Waals surface area contributed by atoms with E-state index in [1.54, 1.807) is 18.3 Å². The Morgan fingerprint density at radius 3 is 2.40 bits per heavy atom. The predicted octanol–water partition coefficient (Wildman–Crippen LogP) is 0.428. The van der Waals surface area contributed by atoms with Gasteiger partial charge in [0.05, 0.1) is 5.69 Å². The second kappa shape index (κ2) is 4.25. The Morgan fingerprint density at radius 2 is 1.73 bits per heavy atom. The lowest BCUT2D eigenvalue weighted by Gasteiger charge is -2.03. The summed E-state index contributed by atoms with van der Waals surface area (Å²) in [6, 6.07) is 12.9. The summed E-state index contributed by atoms with van der Waals surface area (Å²) in [6.45, 7) is 0. The molecule has 0 fully saturated rings. The third kappa shape index (κ3) is 2.23. The van der Waals surface area contributed by atoms with Gasteiger partial charge >= 0.3 is 7.12 Å². The number of hydrogen-bond donors (Lipinski definition) is 2. The van der Waals surface area contributed by atoms with Gasteiger partial charge in [-0.1, -0.05) is 30.3 Å². The molecule has 0 atom stereocenters. The van der Waals surface area contributed by atoms with Crippen LogP contribution >= 0.6 is 0 Å². The van der Waals surface area contributed by atoms with Crippen molar-refractivity contribution in [3.05, 3.63) is 48.7 Å². The lowest BCUT2D eigenvalue weighted by molar-refractivity contribution is 0.425. The fraction of sp³-hybridized carbons (Fsp3) is 0. The predicted molar refractivity (Wildman–Crippen MR) is 59.5 cm³/mol. The van der Waals surface area contributed by atoms with Crippen molar-refractivity contribution in [1.29, 1.82) is 0 Å². The standard InChI is InChI=1S/C11H10BNO2/c14-12(15)10-6-7-13-11(8-10)9-4-2-1-3-5-9/h1-8,14-15H. The summed E-state index contributed by atoms with van der Waals surface area (Å²) in [5.41, 5.74) is 2.14. The maximum Gasteiger partial charge on any atom is 0.488 e.